The van der Waals surface area contributed by atoms with Crippen LogP contribution >= 0.6 is 27.7 Å². The number of hydrogen-bond acceptors (Lipinski definition) is 5. The van der Waals surface area contributed by atoms with Crippen molar-refractivity contribution >= 4 is 45.2 Å². The molecular formula is C19H18BrN5O2S. The number of rotatable bonds is 7. The Kier molecular flexibility index (Phi) is 6.83. The summed E-state index contributed by atoms with van der Waals surface area (Å²) in [5.74, 6) is 0.218. The highest BCUT2D eigenvalue weighted by Gasteiger charge is 2.11. The number of thioether (sulfide) groups is 1. The van der Waals surface area contributed by atoms with Gasteiger partial charge >= 0.3 is 0 Å². The second-order valence-electron chi connectivity index (χ2n) is 5.91. The van der Waals surface area contributed by atoms with Crippen molar-refractivity contribution in [2.45, 2.75) is 12.1 Å². The van der Waals surface area contributed by atoms with Gasteiger partial charge in [-0.1, -0.05) is 58.0 Å². The number of aromatic amines is 1. The lowest BCUT2D eigenvalue weighted by atomic mass is 10.2. The van der Waals surface area contributed by atoms with Crippen LogP contribution in [-0.2, 0) is 9.59 Å². The molecule has 3 aromatic rings. The molecule has 1 aromatic heterocycles. The molecule has 144 valence electrons. The minimum atomic E-state index is -0.284. The SMILES string of the molecule is Cc1cc(Br)ccc1NC(=O)CNC(=O)CSc1n[nH]c(-c2ccccc2)n1. The Balaban J connectivity index is 1.43. The molecule has 0 bridgehead atoms. The van der Waals surface area contributed by atoms with E-state index in [-0.39, 0.29) is 24.1 Å². The summed E-state index contributed by atoms with van der Waals surface area (Å²) in [6.07, 6.45) is 0. The molecule has 0 atom stereocenters. The highest BCUT2D eigenvalue weighted by molar-refractivity contribution is 9.10. The van der Waals surface area contributed by atoms with Gasteiger partial charge < -0.3 is 10.6 Å². The third-order valence-electron chi connectivity index (χ3n) is 3.75. The molecule has 1 heterocycles. The van der Waals surface area contributed by atoms with E-state index in [0.717, 1.165) is 15.6 Å². The van der Waals surface area contributed by atoms with Gasteiger partial charge in [0.2, 0.25) is 17.0 Å². The normalized spacial score (nSPS) is 10.5. The van der Waals surface area contributed by atoms with Gasteiger partial charge in [0, 0.05) is 15.7 Å². The summed E-state index contributed by atoms with van der Waals surface area (Å²) in [5.41, 5.74) is 2.57. The van der Waals surface area contributed by atoms with Crippen LogP contribution in [0, 0.1) is 6.92 Å². The number of nitrogens with one attached hydrogen (secondary N) is 3. The molecule has 2 amide bonds. The molecule has 0 unspecified atom stereocenters. The minimum Gasteiger partial charge on any atom is -0.346 e. The predicted octanol–water partition coefficient (Wildman–Crippen LogP) is 3.39. The van der Waals surface area contributed by atoms with Gasteiger partial charge in [0.1, 0.15) is 0 Å². The van der Waals surface area contributed by atoms with Gasteiger partial charge in [-0.2, -0.15) is 0 Å². The molecule has 0 fully saturated rings. The maximum absolute atomic E-state index is 12.0. The molecule has 3 rings (SSSR count). The van der Waals surface area contributed by atoms with E-state index in [4.69, 9.17) is 0 Å². The second-order valence-corrected chi connectivity index (χ2v) is 7.76. The lowest BCUT2D eigenvalue weighted by Crippen LogP contribution is -2.34. The second kappa shape index (κ2) is 9.52. The Morgan fingerprint density at radius 1 is 1.14 bits per heavy atom. The first-order valence-electron chi connectivity index (χ1n) is 8.44. The van der Waals surface area contributed by atoms with Crippen molar-refractivity contribution in [2.24, 2.45) is 0 Å². The van der Waals surface area contributed by atoms with Gasteiger partial charge in [0.25, 0.3) is 0 Å². The first-order valence-corrected chi connectivity index (χ1v) is 10.2. The van der Waals surface area contributed by atoms with Crippen LogP contribution in [0.4, 0.5) is 5.69 Å². The number of amides is 2. The van der Waals surface area contributed by atoms with E-state index < -0.39 is 0 Å². The zero-order valence-electron chi connectivity index (χ0n) is 15.0. The Morgan fingerprint density at radius 3 is 2.68 bits per heavy atom. The van der Waals surface area contributed by atoms with Crippen molar-refractivity contribution in [1.82, 2.24) is 20.5 Å². The summed E-state index contributed by atoms with van der Waals surface area (Å²) in [4.78, 5) is 28.3. The van der Waals surface area contributed by atoms with Gasteiger partial charge in [0.15, 0.2) is 5.82 Å². The van der Waals surface area contributed by atoms with E-state index in [9.17, 15) is 9.59 Å². The number of hydrogen-bond donors (Lipinski definition) is 3. The summed E-state index contributed by atoms with van der Waals surface area (Å²) in [5, 5.41) is 12.8. The maximum atomic E-state index is 12.0. The van der Waals surface area contributed by atoms with E-state index in [1.54, 1.807) is 0 Å². The molecular weight excluding hydrogens is 442 g/mol. The molecule has 28 heavy (non-hydrogen) atoms. The molecule has 0 saturated carbocycles. The first kappa shape index (κ1) is 20.1. The van der Waals surface area contributed by atoms with E-state index in [1.165, 1.54) is 11.8 Å². The summed E-state index contributed by atoms with van der Waals surface area (Å²) in [6.45, 7) is 1.80. The van der Waals surface area contributed by atoms with Crippen molar-refractivity contribution in [2.75, 3.05) is 17.6 Å². The molecule has 2 aromatic carbocycles. The van der Waals surface area contributed by atoms with Crippen LogP contribution in [0.5, 0.6) is 0 Å². The standard InChI is InChI=1S/C19H18BrN5O2S/c1-12-9-14(20)7-8-15(12)22-16(26)10-21-17(27)11-28-19-23-18(24-25-19)13-5-3-2-4-6-13/h2-9H,10-11H2,1H3,(H,21,27)(H,22,26)(H,23,24,25). The summed E-state index contributed by atoms with van der Waals surface area (Å²) in [6, 6.07) is 15.2. The average Bonchev–Trinajstić information content (AvgIpc) is 3.17. The molecule has 3 N–H and O–H groups in total. The molecule has 7 nitrogen and oxygen atoms in total. The van der Waals surface area contributed by atoms with Crippen LogP contribution in [0.25, 0.3) is 11.4 Å². The van der Waals surface area contributed by atoms with E-state index in [1.807, 2.05) is 55.5 Å². The van der Waals surface area contributed by atoms with Crippen molar-refractivity contribution < 1.29 is 9.59 Å². The zero-order valence-corrected chi connectivity index (χ0v) is 17.4. The fourth-order valence-corrected chi connectivity index (χ4v) is 3.46. The van der Waals surface area contributed by atoms with Crippen LogP contribution in [-0.4, -0.2) is 39.3 Å². The fraction of sp³-hybridized carbons (Fsp3) is 0.158. The first-order chi connectivity index (χ1) is 13.5. The maximum Gasteiger partial charge on any atom is 0.243 e. The smallest absolute Gasteiger partial charge is 0.243 e. The van der Waals surface area contributed by atoms with E-state index >= 15 is 0 Å². The fourth-order valence-electron chi connectivity index (χ4n) is 2.36. The highest BCUT2D eigenvalue weighted by Crippen LogP contribution is 2.20. The third-order valence-corrected chi connectivity index (χ3v) is 5.09. The molecule has 0 saturated heterocycles. The summed E-state index contributed by atoms with van der Waals surface area (Å²) >= 11 is 4.58. The number of aromatic nitrogens is 3. The lowest BCUT2D eigenvalue weighted by molar-refractivity contribution is -0.122. The Bertz CT molecular complexity index is 977. The van der Waals surface area contributed by atoms with Gasteiger partial charge in [-0.3, -0.25) is 14.7 Å². The van der Waals surface area contributed by atoms with Crippen LogP contribution < -0.4 is 10.6 Å². The molecule has 0 spiro atoms. The van der Waals surface area contributed by atoms with Gasteiger partial charge in [-0.15, -0.1) is 5.10 Å². The Hall–Kier alpha value is -2.65. The summed E-state index contributed by atoms with van der Waals surface area (Å²) in [7, 11) is 0. The van der Waals surface area contributed by atoms with Gasteiger partial charge in [-0.05, 0) is 30.7 Å². The monoisotopic (exact) mass is 459 g/mol. The number of H-pyrrole nitrogens is 1. The quantitative estimate of drug-likeness (QED) is 0.470. The van der Waals surface area contributed by atoms with Crippen LogP contribution in [0.1, 0.15) is 5.56 Å². The predicted molar refractivity (Wildman–Crippen MR) is 113 cm³/mol. The molecule has 0 radical (unpaired) electrons. The molecule has 9 heteroatoms. The molecule has 0 aliphatic heterocycles. The van der Waals surface area contributed by atoms with Crippen molar-refractivity contribution in [3.63, 3.8) is 0 Å². The van der Waals surface area contributed by atoms with E-state index in [2.05, 4.69) is 41.7 Å². The Labute approximate surface area is 174 Å². The third kappa shape index (κ3) is 5.67. The topological polar surface area (TPSA) is 99.8 Å². The van der Waals surface area contributed by atoms with Crippen molar-refractivity contribution in [1.29, 1.82) is 0 Å². The van der Waals surface area contributed by atoms with Crippen LogP contribution in [0.15, 0.2) is 58.2 Å². The van der Waals surface area contributed by atoms with Gasteiger partial charge in [-0.25, -0.2) is 4.98 Å². The lowest BCUT2D eigenvalue weighted by Gasteiger charge is -2.09. The number of benzene rings is 2. The molecule has 0 aliphatic carbocycles. The number of aryl methyl sites for hydroxylation is 1. The number of carbonyl (C=O) groups is 2. The van der Waals surface area contributed by atoms with E-state index in [0.29, 0.717) is 16.7 Å². The largest absolute Gasteiger partial charge is 0.346 e. The van der Waals surface area contributed by atoms with Crippen molar-refractivity contribution in [3.05, 3.63) is 58.6 Å². The van der Waals surface area contributed by atoms with Crippen LogP contribution in [0.3, 0.4) is 0 Å². The minimum absolute atomic E-state index is 0.0991. The van der Waals surface area contributed by atoms with Gasteiger partial charge in [0.05, 0.1) is 12.3 Å². The number of anilines is 1. The Morgan fingerprint density at radius 2 is 1.93 bits per heavy atom. The number of carbonyl (C=O) groups excluding carboxylic acids is 2. The molecule has 0 aliphatic rings. The van der Waals surface area contributed by atoms with Crippen molar-refractivity contribution in [3.8, 4) is 11.4 Å². The summed E-state index contributed by atoms with van der Waals surface area (Å²) < 4.78 is 0.940. The highest BCUT2D eigenvalue weighted by atomic mass is 79.9. The number of nitrogens with zero attached hydrogens (tertiary/aromatic N) is 2. The number of halogens is 1. The average molecular weight is 460 g/mol. The zero-order chi connectivity index (χ0) is 19.9. The van der Waals surface area contributed by atoms with Crippen LogP contribution in [0.2, 0.25) is 0 Å².